The topological polar surface area (TPSA) is 113 Å². The lowest BCUT2D eigenvalue weighted by Crippen LogP contribution is -2.21. The van der Waals surface area contributed by atoms with E-state index >= 15 is 0 Å². The van der Waals surface area contributed by atoms with Gasteiger partial charge >= 0.3 is 11.9 Å². The number of aromatic nitrogens is 1. The quantitative estimate of drug-likeness (QED) is 0.628. The van der Waals surface area contributed by atoms with Gasteiger partial charge in [0.1, 0.15) is 0 Å². The zero-order valence-corrected chi connectivity index (χ0v) is 16.5. The smallest absolute Gasteiger partial charge is 0.338 e. The number of hydrogen-bond donors (Lipinski definition) is 1. The van der Waals surface area contributed by atoms with Crippen molar-refractivity contribution in [2.75, 3.05) is 32.8 Å². The minimum Gasteiger partial charge on any atom is -0.493 e. The Morgan fingerprint density at radius 3 is 2.64 bits per heavy atom. The summed E-state index contributed by atoms with van der Waals surface area (Å²) < 4.78 is 20.1. The van der Waals surface area contributed by atoms with Crippen LogP contribution in [0.5, 0.6) is 11.5 Å². The Morgan fingerprint density at radius 2 is 1.96 bits per heavy atom. The van der Waals surface area contributed by atoms with Crippen LogP contribution in [0.15, 0.2) is 23.6 Å². The average molecular weight is 408 g/mol. The first-order chi connectivity index (χ1) is 13.5. The van der Waals surface area contributed by atoms with Crippen LogP contribution < -0.4 is 14.8 Å². The van der Waals surface area contributed by atoms with Crippen LogP contribution in [0.1, 0.15) is 23.0 Å². The Bertz CT molecular complexity index is 850. The van der Waals surface area contributed by atoms with Crippen LogP contribution in [0.4, 0.5) is 5.13 Å². The lowest BCUT2D eigenvalue weighted by atomic mass is 10.2. The molecule has 0 saturated heterocycles. The summed E-state index contributed by atoms with van der Waals surface area (Å²) in [7, 11) is 2.74. The van der Waals surface area contributed by atoms with Gasteiger partial charge in [0.2, 0.25) is 0 Å². The highest BCUT2D eigenvalue weighted by Gasteiger charge is 2.15. The van der Waals surface area contributed by atoms with Crippen LogP contribution in [0, 0.1) is 0 Å². The molecule has 0 atom stereocenters. The number of carbonyl (C=O) groups is 3. The third kappa shape index (κ3) is 5.95. The van der Waals surface area contributed by atoms with Gasteiger partial charge in [0.25, 0.3) is 5.91 Å². The van der Waals surface area contributed by atoms with Crippen LogP contribution in [0.25, 0.3) is 0 Å². The Morgan fingerprint density at radius 1 is 1.18 bits per heavy atom. The van der Waals surface area contributed by atoms with Crippen molar-refractivity contribution in [2.45, 2.75) is 13.3 Å². The fourth-order valence-electron chi connectivity index (χ4n) is 2.10. The van der Waals surface area contributed by atoms with Crippen molar-refractivity contribution in [1.29, 1.82) is 0 Å². The van der Waals surface area contributed by atoms with Crippen molar-refractivity contribution in [3.8, 4) is 11.5 Å². The third-order valence-corrected chi connectivity index (χ3v) is 4.19. The van der Waals surface area contributed by atoms with E-state index in [1.54, 1.807) is 11.4 Å². The molecule has 0 saturated carbocycles. The minimum atomic E-state index is -0.679. The highest BCUT2D eigenvalue weighted by molar-refractivity contribution is 7.13. The largest absolute Gasteiger partial charge is 0.493 e. The molecule has 0 fully saturated rings. The van der Waals surface area contributed by atoms with Crippen molar-refractivity contribution in [2.24, 2.45) is 0 Å². The van der Waals surface area contributed by atoms with E-state index in [2.05, 4.69) is 15.0 Å². The number of nitrogens with one attached hydrogen (secondary N) is 1. The number of benzene rings is 1. The molecule has 28 heavy (non-hydrogen) atoms. The molecule has 0 aliphatic carbocycles. The molecule has 150 valence electrons. The van der Waals surface area contributed by atoms with Gasteiger partial charge in [0.15, 0.2) is 23.2 Å². The molecule has 1 N–H and O–H groups in total. The molecule has 0 bridgehead atoms. The normalized spacial score (nSPS) is 10.1. The molecule has 0 unspecified atom stereocenters. The molecule has 1 aromatic heterocycles. The first-order valence-electron chi connectivity index (χ1n) is 8.25. The van der Waals surface area contributed by atoms with E-state index in [1.807, 2.05) is 6.92 Å². The second kappa shape index (κ2) is 10.3. The van der Waals surface area contributed by atoms with Crippen LogP contribution in [-0.4, -0.2) is 50.3 Å². The van der Waals surface area contributed by atoms with Crippen molar-refractivity contribution >= 4 is 34.3 Å². The monoisotopic (exact) mass is 408 g/mol. The van der Waals surface area contributed by atoms with Crippen molar-refractivity contribution < 1.29 is 33.3 Å². The molecule has 2 aromatic rings. The fourth-order valence-corrected chi connectivity index (χ4v) is 2.83. The van der Waals surface area contributed by atoms with Crippen LogP contribution in [0.2, 0.25) is 0 Å². The number of esters is 2. The predicted octanol–water partition coefficient (Wildman–Crippen LogP) is 2.06. The Balaban J connectivity index is 1.88. The number of hydrogen-bond acceptors (Lipinski definition) is 9. The Labute approximate surface area is 165 Å². The summed E-state index contributed by atoms with van der Waals surface area (Å²) in [5.74, 6) is -0.761. The number of rotatable bonds is 9. The number of ether oxygens (including phenoxy) is 4. The number of thiazole rings is 1. The van der Waals surface area contributed by atoms with Crippen LogP contribution in [0.3, 0.4) is 0 Å². The summed E-state index contributed by atoms with van der Waals surface area (Å²) >= 11 is 1.15. The van der Waals surface area contributed by atoms with Gasteiger partial charge in [0.05, 0.1) is 38.5 Å². The second-order valence-corrected chi connectivity index (χ2v) is 6.18. The van der Waals surface area contributed by atoms with Gasteiger partial charge in [-0.25, -0.2) is 9.78 Å². The highest BCUT2D eigenvalue weighted by atomic mass is 32.1. The summed E-state index contributed by atoms with van der Waals surface area (Å²) in [5.41, 5.74) is 0.702. The van der Waals surface area contributed by atoms with Gasteiger partial charge in [-0.1, -0.05) is 0 Å². The number of carbonyl (C=O) groups excluding carboxylic acids is 3. The lowest BCUT2D eigenvalue weighted by molar-refractivity contribution is -0.139. The van der Waals surface area contributed by atoms with E-state index in [9.17, 15) is 14.4 Å². The maximum Gasteiger partial charge on any atom is 0.338 e. The van der Waals surface area contributed by atoms with E-state index < -0.39 is 24.5 Å². The lowest BCUT2D eigenvalue weighted by Gasteiger charge is -2.10. The molecule has 2 rings (SSSR count). The van der Waals surface area contributed by atoms with E-state index in [4.69, 9.17) is 14.2 Å². The Kier molecular flexibility index (Phi) is 7.76. The molecular weight excluding hydrogens is 388 g/mol. The van der Waals surface area contributed by atoms with Crippen LogP contribution >= 0.6 is 11.3 Å². The second-order valence-electron chi connectivity index (χ2n) is 5.32. The SMILES string of the molecule is CCOc1ccc(C(=O)OCC(=O)Nc2nc(CC(=O)OC)cs2)cc1OC. The maximum atomic E-state index is 12.1. The van der Waals surface area contributed by atoms with Crippen molar-refractivity contribution in [3.05, 3.63) is 34.8 Å². The van der Waals surface area contributed by atoms with E-state index in [-0.39, 0.29) is 12.0 Å². The number of methoxy groups -OCH3 is 2. The molecule has 0 radical (unpaired) electrons. The van der Waals surface area contributed by atoms with E-state index in [0.717, 1.165) is 11.3 Å². The molecule has 9 nitrogen and oxygen atoms in total. The first kappa shape index (κ1) is 21.2. The molecule has 1 amide bonds. The molecule has 1 heterocycles. The summed E-state index contributed by atoms with van der Waals surface area (Å²) in [5, 5.41) is 4.43. The molecular formula is C18H20N2O7S. The van der Waals surface area contributed by atoms with E-state index in [0.29, 0.717) is 28.9 Å². The van der Waals surface area contributed by atoms with Crippen LogP contribution in [-0.2, 0) is 25.5 Å². The Hall–Kier alpha value is -3.14. The van der Waals surface area contributed by atoms with Gasteiger partial charge < -0.3 is 18.9 Å². The van der Waals surface area contributed by atoms with Crippen molar-refractivity contribution in [1.82, 2.24) is 4.98 Å². The van der Waals surface area contributed by atoms with Gasteiger partial charge in [-0.3, -0.25) is 14.9 Å². The molecule has 0 aliphatic rings. The van der Waals surface area contributed by atoms with Gasteiger partial charge in [0, 0.05) is 5.38 Å². The van der Waals surface area contributed by atoms with Crippen molar-refractivity contribution in [3.63, 3.8) is 0 Å². The summed E-state index contributed by atoms with van der Waals surface area (Å²) in [4.78, 5) is 39.4. The van der Waals surface area contributed by atoms with Gasteiger partial charge in [-0.15, -0.1) is 11.3 Å². The highest BCUT2D eigenvalue weighted by Crippen LogP contribution is 2.28. The maximum absolute atomic E-state index is 12.1. The standard InChI is InChI=1S/C18H20N2O7S/c1-4-26-13-6-5-11(7-14(13)24-2)17(23)27-9-15(21)20-18-19-12(10-28-18)8-16(22)25-3/h5-7,10H,4,8-9H2,1-3H3,(H,19,20,21). The molecule has 0 spiro atoms. The third-order valence-electron chi connectivity index (χ3n) is 3.38. The number of amides is 1. The number of anilines is 1. The predicted molar refractivity (Wildman–Crippen MR) is 101 cm³/mol. The average Bonchev–Trinajstić information content (AvgIpc) is 3.13. The number of nitrogens with zero attached hydrogens (tertiary/aromatic N) is 1. The minimum absolute atomic E-state index is 0.0113. The van der Waals surface area contributed by atoms with Gasteiger partial charge in [-0.2, -0.15) is 0 Å². The first-order valence-corrected chi connectivity index (χ1v) is 9.13. The van der Waals surface area contributed by atoms with E-state index in [1.165, 1.54) is 26.4 Å². The summed E-state index contributed by atoms with van der Waals surface area (Å²) in [6.45, 7) is 1.81. The molecule has 10 heteroatoms. The molecule has 1 aromatic carbocycles. The molecule has 0 aliphatic heterocycles. The fraction of sp³-hybridized carbons (Fsp3) is 0.333. The van der Waals surface area contributed by atoms with Gasteiger partial charge in [-0.05, 0) is 25.1 Å². The summed E-state index contributed by atoms with van der Waals surface area (Å²) in [6.07, 6.45) is 0.0113. The zero-order chi connectivity index (χ0) is 20.5. The summed E-state index contributed by atoms with van der Waals surface area (Å²) in [6, 6.07) is 4.59. The zero-order valence-electron chi connectivity index (χ0n) is 15.6.